The Labute approximate surface area is 141 Å². The highest BCUT2D eigenvalue weighted by Crippen LogP contribution is 2.32. The molecule has 1 aromatic carbocycles. The van der Waals surface area contributed by atoms with Gasteiger partial charge in [-0.15, -0.1) is 22.0 Å². The highest BCUT2D eigenvalue weighted by atomic mass is 32.2. The van der Waals surface area contributed by atoms with E-state index in [1.54, 1.807) is 22.7 Å². The van der Waals surface area contributed by atoms with Crippen LogP contribution in [0.5, 0.6) is 0 Å². The maximum atomic E-state index is 12.1. The van der Waals surface area contributed by atoms with Gasteiger partial charge in [0.2, 0.25) is 0 Å². The number of nitrogens with zero attached hydrogens (tertiary/aromatic N) is 3. The lowest BCUT2D eigenvalue weighted by molar-refractivity contribution is 0.248. The summed E-state index contributed by atoms with van der Waals surface area (Å²) in [6.45, 7) is 8.38. The van der Waals surface area contributed by atoms with Crippen LogP contribution in [0, 0.1) is 0 Å². The molecule has 0 aliphatic rings. The average Bonchev–Trinajstić information content (AvgIpc) is 2.85. The molecule has 0 saturated carbocycles. The van der Waals surface area contributed by atoms with E-state index in [4.69, 9.17) is 0 Å². The Bertz CT molecular complexity index is 660. The Morgan fingerprint density at radius 3 is 2.43 bits per heavy atom. The molecule has 2 rings (SSSR count). The summed E-state index contributed by atoms with van der Waals surface area (Å²) >= 11 is 1.79. The van der Waals surface area contributed by atoms with E-state index in [1.165, 1.54) is 4.90 Å². The van der Waals surface area contributed by atoms with Crippen LogP contribution in [-0.4, -0.2) is 25.5 Å². The predicted octanol–water partition coefficient (Wildman–Crippen LogP) is 3.59. The van der Waals surface area contributed by atoms with Crippen molar-refractivity contribution >= 4 is 23.5 Å². The van der Waals surface area contributed by atoms with E-state index in [0.29, 0.717) is 5.82 Å². The van der Waals surface area contributed by atoms with Crippen LogP contribution in [0.25, 0.3) is 0 Å². The smallest absolute Gasteiger partial charge is 0.319 e. The van der Waals surface area contributed by atoms with Crippen molar-refractivity contribution < 1.29 is 4.79 Å². The number of amides is 2. The second kappa shape index (κ2) is 7.04. The molecule has 7 heteroatoms. The fraction of sp³-hybridized carbons (Fsp3) is 0.438. The molecule has 1 aromatic heterocycles. The molecule has 6 nitrogen and oxygen atoms in total. The largest absolute Gasteiger partial charge is 0.328 e. The molecule has 0 aliphatic heterocycles. The number of rotatable bonds is 4. The minimum atomic E-state index is -0.267. The molecule has 0 unspecified atom stereocenters. The molecule has 0 saturated heterocycles. The first kappa shape index (κ1) is 17.3. The quantitative estimate of drug-likeness (QED) is 0.839. The van der Waals surface area contributed by atoms with Crippen LogP contribution in [0.1, 0.15) is 39.6 Å². The van der Waals surface area contributed by atoms with Crippen LogP contribution in [0.3, 0.4) is 0 Å². The molecule has 0 aliphatic carbocycles. The van der Waals surface area contributed by atoms with Gasteiger partial charge in [0, 0.05) is 22.4 Å². The Hall–Kier alpha value is -2.02. The maximum Gasteiger partial charge on any atom is 0.319 e. The van der Waals surface area contributed by atoms with E-state index < -0.39 is 0 Å². The summed E-state index contributed by atoms with van der Waals surface area (Å²) in [6, 6.07) is 7.34. The molecule has 124 valence electrons. The monoisotopic (exact) mass is 333 g/mol. The first-order valence-corrected chi connectivity index (χ1v) is 8.27. The molecule has 1 heterocycles. The Balaban J connectivity index is 1.91. The summed E-state index contributed by atoms with van der Waals surface area (Å²) in [5, 5.41) is 13.5. The zero-order chi connectivity index (χ0) is 17.0. The molecule has 0 spiro atoms. The lowest BCUT2D eigenvalue weighted by Crippen LogP contribution is -2.32. The van der Waals surface area contributed by atoms with Crippen molar-refractivity contribution in [3.05, 3.63) is 36.4 Å². The number of urea groups is 1. The van der Waals surface area contributed by atoms with Gasteiger partial charge in [-0.2, -0.15) is 0 Å². The first-order chi connectivity index (χ1) is 10.7. The van der Waals surface area contributed by atoms with Crippen LogP contribution >= 0.6 is 11.8 Å². The highest BCUT2D eigenvalue weighted by Gasteiger charge is 2.15. The van der Waals surface area contributed by atoms with E-state index in [2.05, 4.69) is 41.6 Å². The second-order valence-corrected chi connectivity index (χ2v) is 8.26. The molecule has 2 amide bonds. The third-order valence-electron chi connectivity index (χ3n) is 3.02. The minimum absolute atomic E-state index is 0.165. The van der Waals surface area contributed by atoms with Gasteiger partial charge >= 0.3 is 6.03 Å². The van der Waals surface area contributed by atoms with Gasteiger partial charge in [-0.05, 0) is 31.2 Å². The maximum absolute atomic E-state index is 12.1. The standard InChI is InChI=1S/C16H23N5OS/c1-11(14-20-17-10-21(14)5)18-15(22)19-12-6-8-13(9-7-12)23-16(2,3)4/h6-11H,1-5H3,(H2,18,19,22)/t11-/m0/s1. The lowest BCUT2D eigenvalue weighted by atomic mass is 10.3. The fourth-order valence-corrected chi connectivity index (χ4v) is 3.05. The Kier molecular flexibility index (Phi) is 5.30. The Morgan fingerprint density at radius 1 is 1.26 bits per heavy atom. The fourth-order valence-electron chi connectivity index (χ4n) is 2.07. The molecule has 23 heavy (non-hydrogen) atoms. The van der Waals surface area contributed by atoms with E-state index in [9.17, 15) is 4.79 Å². The van der Waals surface area contributed by atoms with Crippen molar-refractivity contribution in [2.45, 2.75) is 43.4 Å². The SMILES string of the molecule is C[C@H](NC(=O)Nc1ccc(SC(C)(C)C)cc1)c1nncn1C. The summed E-state index contributed by atoms with van der Waals surface area (Å²) < 4.78 is 1.95. The van der Waals surface area contributed by atoms with Crippen LogP contribution in [0.2, 0.25) is 0 Å². The van der Waals surface area contributed by atoms with Gasteiger partial charge in [0.1, 0.15) is 6.33 Å². The number of carbonyl (C=O) groups is 1. The minimum Gasteiger partial charge on any atom is -0.328 e. The summed E-state index contributed by atoms with van der Waals surface area (Å²) in [5.41, 5.74) is 0.755. The lowest BCUT2D eigenvalue weighted by Gasteiger charge is -2.18. The van der Waals surface area contributed by atoms with E-state index in [0.717, 1.165) is 5.69 Å². The molecule has 0 bridgehead atoms. The normalized spacial score (nSPS) is 12.7. The molecule has 0 radical (unpaired) electrons. The number of benzene rings is 1. The van der Waals surface area contributed by atoms with Gasteiger partial charge in [0.25, 0.3) is 0 Å². The van der Waals surface area contributed by atoms with Gasteiger partial charge in [0.05, 0.1) is 6.04 Å². The van der Waals surface area contributed by atoms with Gasteiger partial charge in [-0.1, -0.05) is 20.8 Å². The Morgan fingerprint density at radius 2 is 1.91 bits per heavy atom. The zero-order valence-electron chi connectivity index (χ0n) is 14.1. The number of nitrogens with one attached hydrogen (secondary N) is 2. The molecular weight excluding hydrogens is 310 g/mol. The molecule has 2 aromatic rings. The highest BCUT2D eigenvalue weighted by molar-refractivity contribution is 8.00. The topological polar surface area (TPSA) is 71.8 Å². The van der Waals surface area contributed by atoms with Crippen LogP contribution in [-0.2, 0) is 7.05 Å². The zero-order valence-corrected chi connectivity index (χ0v) is 14.9. The first-order valence-electron chi connectivity index (χ1n) is 7.45. The van der Waals surface area contributed by atoms with Gasteiger partial charge < -0.3 is 15.2 Å². The van der Waals surface area contributed by atoms with Crippen molar-refractivity contribution in [2.75, 3.05) is 5.32 Å². The summed E-state index contributed by atoms with van der Waals surface area (Å²) in [4.78, 5) is 13.2. The third-order valence-corrected chi connectivity index (χ3v) is 4.14. The van der Waals surface area contributed by atoms with Crippen LogP contribution in [0.4, 0.5) is 10.5 Å². The summed E-state index contributed by atoms with van der Waals surface area (Å²) in [7, 11) is 1.84. The molecular formula is C16H23N5OS. The van der Waals surface area contributed by atoms with Gasteiger partial charge in [0.15, 0.2) is 5.82 Å². The number of aryl methyl sites for hydroxylation is 1. The summed E-state index contributed by atoms with van der Waals surface area (Å²) in [6.07, 6.45) is 1.61. The van der Waals surface area contributed by atoms with Crippen LogP contribution < -0.4 is 10.6 Å². The van der Waals surface area contributed by atoms with Gasteiger partial charge in [-0.25, -0.2) is 4.79 Å². The predicted molar refractivity (Wildman–Crippen MR) is 93.6 cm³/mol. The van der Waals surface area contributed by atoms with Crippen molar-refractivity contribution in [3.8, 4) is 0 Å². The van der Waals surface area contributed by atoms with Crippen LogP contribution in [0.15, 0.2) is 35.5 Å². The van der Waals surface area contributed by atoms with Crippen molar-refractivity contribution in [1.82, 2.24) is 20.1 Å². The molecule has 2 N–H and O–H groups in total. The molecule has 1 atom stereocenters. The number of aromatic nitrogens is 3. The van der Waals surface area contributed by atoms with Gasteiger partial charge in [-0.3, -0.25) is 0 Å². The molecule has 0 fully saturated rings. The number of carbonyl (C=O) groups excluding carboxylic acids is 1. The number of hydrogen-bond donors (Lipinski definition) is 2. The number of hydrogen-bond acceptors (Lipinski definition) is 4. The number of thioether (sulfide) groups is 1. The average molecular weight is 333 g/mol. The third kappa shape index (κ3) is 5.28. The summed E-state index contributed by atoms with van der Waals surface area (Å²) in [5.74, 6) is 0.706. The van der Waals surface area contributed by atoms with E-state index >= 15 is 0 Å². The second-order valence-electron chi connectivity index (χ2n) is 6.36. The van der Waals surface area contributed by atoms with E-state index in [1.807, 2.05) is 38.2 Å². The van der Waals surface area contributed by atoms with E-state index in [-0.39, 0.29) is 16.8 Å². The van der Waals surface area contributed by atoms with Crippen molar-refractivity contribution in [2.24, 2.45) is 7.05 Å². The number of anilines is 1. The van der Waals surface area contributed by atoms with Crippen molar-refractivity contribution in [1.29, 1.82) is 0 Å². The van der Waals surface area contributed by atoms with Crippen molar-refractivity contribution in [3.63, 3.8) is 0 Å².